The normalized spacial score (nSPS) is 10.0. The van der Waals surface area contributed by atoms with Crippen molar-refractivity contribution in [3.05, 3.63) is 30.2 Å². The standard InChI is InChI=1S/C7H4NOS/c1-2-7(10-3-1)6-4-9-5-8-6/h1-4H. The molecule has 2 nitrogen and oxygen atoms in total. The molecule has 10 heavy (non-hydrogen) atoms. The molecule has 1 radical (unpaired) electrons. The molecule has 0 aliphatic heterocycles. The van der Waals surface area contributed by atoms with Crippen molar-refractivity contribution < 1.29 is 4.42 Å². The second kappa shape index (κ2) is 2.27. The zero-order valence-electron chi connectivity index (χ0n) is 5.07. The number of hydrogen-bond donors (Lipinski definition) is 0. The van der Waals surface area contributed by atoms with Crippen molar-refractivity contribution >= 4 is 11.3 Å². The van der Waals surface area contributed by atoms with E-state index in [0.29, 0.717) is 0 Å². The van der Waals surface area contributed by atoms with E-state index in [1.54, 1.807) is 17.6 Å². The molecule has 2 aromatic heterocycles. The molecule has 0 atom stereocenters. The van der Waals surface area contributed by atoms with Crippen LogP contribution in [-0.2, 0) is 0 Å². The van der Waals surface area contributed by atoms with Crippen LogP contribution in [0, 0.1) is 6.39 Å². The summed E-state index contributed by atoms with van der Waals surface area (Å²) in [5, 5.41) is 2.00. The van der Waals surface area contributed by atoms with E-state index < -0.39 is 0 Å². The van der Waals surface area contributed by atoms with Crippen molar-refractivity contribution in [2.24, 2.45) is 0 Å². The molecule has 0 unspecified atom stereocenters. The highest BCUT2D eigenvalue weighted by molar-refractivity contribution is 7.13. The third kappa shape index (κ3) is 0.844. The summed E-state index contributed by atoms with van der Waals surface area (Å²) < 4.78 is 4.71. The fourth-order valence-corrected chi connectivity index (χ4v) is 1.40. The first-order valence-electron chi connectivity index (χ1n) is 2.82. The van der Waals surface area contributed by atoms with Gasteiger partial charge >= 0.3 is 0 Å². The Hall–Kier alpha value is -1.09. The van der Waals surface area contributed by atoms with Gasteiger partial charge in [0.25, 0.3) is 6.39 Å². The lowest BCUT2D eigenvalue weighted by molar-refractivity contribution is 0.548. The highest BCUT2D eigenvalue weighted by Crippen LogP contribution is 2.21. The van der Waals surface area contributed by atoms with Gasteiger partial charge in [-0.05, 0) is 11.4 Å². The lowest BCUT2D eigenvalue weighted by Crippen LogP contribution is -1.66. The third-order valence-electron chi connectivity index (χ3n) is 1.16. The van der Waals surface area contributed by atoms with Crippen LogP contribution in [0.5, 0.6) is 0 Å². The quantitative estimate of drug-likeness (QED) is 0.622. The summed E-state index contributed by atoms with van der Waals surface area (Å²) in [6, 6.07) is 3.98. The summed E-state index contributed by atoms with van der Waals surface area (Å²) in [6.07, 6.45) is 3.99. The zero-order chi connectivity index (χ0) is 6.81. The van der Waals surface area contributed by atoms with Gasteiger partial charge in [-0.3, -0.25) is 0 Å². The zero-order valence-corrected chi connectivity index (χ0v) is 5.89. The van der Waals surface area contributed by atoms with Gasteiger partial charge in [0.2, 0.25) is 0 Å². The Bertz CT molecular complexity index is 253. The number of hydrogen-bond acceptors (Lipinski definition) is 3. The van der Waals surface area contributed by atoms with Gasteiger partial charge in [-0.1, -0.05) is 6.07 Å². The van der Waals surface area contributed by atoms with Gasteiger partial charge < -0.3 is 4.42 Å². The molecule has 2 rings (SSSR count). The maximum atomic E-state index is 4.71. The molecule has 0 aliphatic rings. The Kier molecular flexibility index (Phi) is 1.29. The van der Waals surface area contributed by atoms with E-state index in [9.17, 15) is 0 Å². The van der Waals surface area contributed by atoms with E-state index in [0.717, 1.165) is 10.6 Å². The van der Waals surface area contributed by atoms with Crippen molar-refractivity contribution in [1.82, 2.24) is 4.98 Å². The number of rotatable bonds is 1. The van der Waals surface area contributed by atoms with Gasteiger partial charge in [-0.2, -0.15) is 0 Å². The molecule has 0 spiro atoms. The van der Waals surface area contributed by atoms with E-state index in [-0.39, 0.29) is 0 Å². The summed E-state index contributed by atoms with van der Waals surface area (Å²) in [7, 11) is 0. The molecule has 0 aliphatic carbocycles. The van der Waals surface area contributed by atoms with Gasteiger partial charge in [0, 0.05) is 0 Å². The average Bonchev–Trinajstić information content (AvgIpc) is 2.59. The van der Waals surface area contributed by atoms with Crippen molar-refractivity contribution in [3.63, 3.8) is 0 Å². The van der Waals surface area contributed by atoms with E-state index >= 15 is 0 Å². The van der Waals surface area contributed by atoms with E-state index in [1.807, 2.05) is 17.5 Å². The molecule has 2 aromatic rings. The van der Waals surface area contributed by atoms with E-state index in [4.69, 9.17) is 4.42 Å². The van der Waals surface area contributed by atoms with Gasteiger partial charge in [-0.15, -0.1) is 11.3 Å². The maximum absolute atomic E-state index is 4.71. The van der Waals surface area contributed by atoms with Gasteiger partial charge in [0.1, 0.15) is 12.0 Å². The van der Waals surface area contributed by atoms with Crippen molar-refractivity contribution in [2.75, 3.05) is 0 Å². The summed E-state index contributed by atoms with van der Waals surface area (Å²) in [5.41, 5.74) is 0.856. The molecule has 0 saturated carbocycles. The fraction of sp³-hybridized carbons (Fsp3) is 0. The SMILES string of the molecule is [c]1nc(-c2cccs2)co1. The van der Waals surface area contributed by atoms with Crippen LogP contribution in [-0.4, -0.2) is 4.98 Å². The molecule has 0 amide bonds. The maximum Gasteiger partial charge on any atom is 0.284 e. The van der Waals surface area contributed by atoms with Gasteiger partial charge in [0.15, 0.2) is 0 Å². The summed E-state index contributed by atoms with van der Waals surface area (Å²) in [4.78, 5) is 4.99. The molecule has 49 valence electrons. The van der Waals surface area contributed by atoms with Crippen molar-refractivity contribution in [2.45, 2.75) is 0 Å². The van der Waals surface area contributed by atoms with Crippen LogP contribution >= 0.6 is 11.3 Å². The van der Waals surface area contributed by atoms with Crippen LogP contribution in [0.2, 0.25) is 0 Å². The average molecular weight is 150 g/mol. The lowest BCUT2D eigenvalue weighted by Gasteiger charge is -1.81. The Morgan fingerprint density at radius 1 is 1.60 bits per heavy atom. The predicted molar refractivity (Wildman–Crippen MR) is 38.7 cm³/mol. The molecule has 0 aromatic carbocycles. The second-order valence-electron chi connectivity index (χ2n) is 1.80. The Morgan fingerprint density at radius 2 is 2.60 bits per heavy atom. The lowest BCUT2D eigenvalue weighted by atomic mass is 10.4. The Labute approximate surface area is 62.1 Å². The van der Waals surface area contributed by atoms with Crippen LogP contribution in [0.4, 0.5) is 0 Å². The van der Waals surface area contributed by atoms with Gasteiger partial charge in [-0.25, -0.2) is 4.98 Å². The van der Waals surface area contributed by atoms with Crippen LogP contribution in [0.1, 0.15) is 0 Å². The highest BCUT2D eigenvalue weighted by Gasteiger charge is 1.99. The predicted octanol–water partition coefficient (Wildman–Crippen LogP) is 2.20. The fourth-order valence-electron chi connectivity index (χ4n) is 0.722. The first kappa shape index (κ1) is 5.68. The largest absolute Gasteiger partial charge is 0.440 e. The second-order valence-corrected chi connectivity index (χ2v) is 2.75. The molecule has 2 heterocycles. The molecule has 0 bridgehead atoms. The van der Waals surface area contributed by atoms with Crippen LogP contribution in [0.15, 0.2) is 28.2 Å². The molecule has 0 N–H and O–H groups in total. The Balaban J connectivity index is 2.48. The minimum Gasteiger partial charge on any atom is -0.440 e. The first-order valence-corrected chi connectivity index (χ1v) is 3.70. The highest BCUT2D eigenvalue weighted by atomic mass is 32.1. The smallest absolute Gasteiger partial charge is 0.284 e. The van der Waals surface area contributed by atoms with Crippen LogP contribution in [0.3, 0.4) is 0 Å². The third-order valence-corrected chi connectivity index (χ3v) is 2.06. The summed E-state index contributed by atoms with van der Waals surface area (Å²) >= 11 is 1.64. The van der Waals surface area contributed by atoms with Crippen molar-refractivity contribution in [1.29, 1.82) is 0 Å². The minimum atomic E-state index is 0.856. The Morgan fingerprint density at radius 3 is 3.20 bits per heavy atom. The van der Waals surface area contributed by atoms with E-state index in [2.05, 4.69) is 11.4 Å². The number of thiophene rings is 1. The molecule has 0 fully saturated rings. The van der Waals surface area contributed by atoms with E-state index in [1.165, 1.54) is 0 Å². The van der Waals surface area contributed by atoms with Crippen LogP contribution in [0.25, 0.3) is 10.6 Å². The van der Waals surface area contributed by atoms with Gasteiger partial charge in [0.05, 0.1) is 4.88 Å². The summed E-state index contributed by atoms with van der Waals surface area (Å²) in [6.45, 7) is 0. The topological polar surface area (TPSA) is 26.0 Å². The number of oxazole rings is 1. The van der Waals surface area contributed by atoms with Crippen molar-refractivity contribution in [3.8, 4) is 10.6 Å². The molecular formula is C7H4NOS. The number of aromatic nitrogens is 1. The minimum absolute atomic E-state index is 0.856. The first-order chi connectivity index (χ1) is 4.97. The number of nitrogens with zero attached hydrogens (tertiary/aromatic N) is 1. The molecular weight excluding hydrogens is 146 g/mol. The summed E-state index contributed by atoms with van der Waals surface area (Å²) in [5.74, 6) is 0. The molecule has 0 saturated heterocycles. The molecule has 3 heteroatoms. The van der Waals surface area contributed by atoms with Crippen LogP contribution < -0.4 is 0 Å². The monoisotopic (exact) mass is 150 g/mol.